The summed E-state index contributed by atoms with van der Waals surface area (Å²) in [5, 5.41) is 12.2. The number of hydrogen-bond donors (Lipinski definition) is 1. The van der Waals surface area contributed by atoms with E-state index in [1.54, 1.807) is 0 Å². The van der Waals surface area contributed by atoms with Crippen LogP contribution in [-0.2, 0) is 4.79 Å². The van der Waals surface area contributed by atoms with Gasteiger partial charge in [0.2, 0.25) is 5.91 Å². The molecule has 1 saturated carbocycles. The van der Waals surface area contributed by atoms with E-state index in [1.807, 2.05) is 19.1 Å². The van der Waals surface area contributed by atoms with Crippen molar-refractivity contribution in [2.24, 2.45) is 5.41 Å². The van der Waals surface area contributed by atoms with Gasteiger partial charge in [-0.3, -0.25) is 4.79 Å². The Morgan fingerprint density at radius 2 is 2.22 bits per heavy atom. The Bertz CT molecular complexity index is 485. The number of halogens is 1. The Morgan fingerprint density at radius 1 is 1.56 bits per heavy atom. The van der Waals surface area contributed by atoms with Crippen LogP contribution in [0, 0.1) is 16.7 Å². The monoisotopic (exact) mass is 282 g/mol. The summed E-state index contributed by atoms with van der Waals surface area (Å²) in [6.45, 7) is 1.92. The predicted molar refractivity (Wildman–Crippen MR) is 72.4 cm³/mol. The average molecular weight is 283 g/mol. The summed E-state index contributed by atoms with van der Waals surface area (Å²) in [5.41, 5.74) is -0.810. The largest absolute Gasteiger partial charge is 0.347 e. The van der Waals surface area contributed by atoms with E-state index in [0.29, 0.717) is 17.2 Å². The van der Waals surface area contributed by atoms with Gasteiger partial charge in [0.05, 0.1) is 16.4 Å². The normalized spacial score (nSPS) is 19.2. The number of nitriles is 1. The molecule has 96 valence electrons. The van der Waals surface area contributed by atoms with Crippen LogP contribution in [0.3, 0.4) is 0 Å². The van der Waals surface area contributed by atoms with Crippen LogP contribution in [0.15, 0.2) is 12.1 Å². The van der Waals surface area contributed by atoms with Crippen molar-refractivity contribution >= 4 is 28.8 Å². The molecule has 1 aromatic heterocycles. The Kier molecular flexibility index (Phi) is 3.94. The molecular formula is C13H15ClN2OS. The van der Waals surface area contributed by atoms with Crippen LogP contribution in [-0.4, -0.2) is 5.91 Å². The molecule has 1 amide bonds. The highest BCUT2D eigenvalue weighted by atomic mass is 35.5. The molecule has 0 radical (unpaired) electrons. The molecule has 0 bridgehead atoms. The molecule has 1 heterocycles. The van der Waals surface area contributed by atoms with Crippen molar-refractivity contribution in [3.8, 4) is 6.07 Å². The molecule has 1 fully saturated rings. The lowest BCUT2D eigenvalue weighted by molar-refractivity contribution is -0.128. The quantitative estimate of drug-likeness (QED) is 0.920. The standard InChI is InChI=1S/C13H15ClN2OS/c1-9(10-4-5-11(14)18-10)16-12(17)13(8-15)6-2-3-7-13/h4-5,9H,2-3,6-7H2,1H3,(H,16,17). The second-order valence-corrected chi connectivity index (χ2v) is 6.48. The maximum absolute atomic E-state index is 12.2. The first kappa shape index (κ1) is 13.4. The minimum absolute atomic E-state index is 0.0965. The van der Waals surface area contributed by atoms with Crippen LogP contribution in [0.2, 0.25) is 4.34 Å². The highest BCUT2D eigenvalue weighted by Crippen LogP contribution is 2.38. The van der Waals surface area contributed by atoms with E-state index in [0.717, 1.165) is 17.7 Å². The molecule has 2 rings (SSSR count). The van der Waals surface area contributed by atoms with Gasteiger partial charge in [0.15, 0.2) is 0 Å². The Morgan fingerprint density at radius 3 is 2.72 bits per heavy atom. The molecular weight excluding hydrogens is 268 g/mol. The zero-order valence-corrected chi connectivity index (χ0v) is 11.8. The van der Waals surface area contributed by atoms with Gasteiger partial charge in [-0.2, -0.15) is 5.26 Å². The van der Waals surface area contributed by atoms with Crippen LogP contribution in [0.25, 0.3) is 0 Å². The molecule has 1 aromatic rings. The molecule has 18 heavy (non-hydrogen) atoms. The van der Waals surface area contributed by atoms with Gasteiger partial charge in [-0.15, -0.1) is 11.3 Å². The number of rotatable bonds is 3. The maximum atomic E-state index is 12.2. The number of carbonyl (C=O) groups excluding carboxylic acids is 1. The van der Waals surface area contributed by atoms with Crippen molar-refractivity contribution in [1.29, 1.82) is 5.26 Å². The van der Waals surface area contributed by atoms with E-state index in [9.17, 15) is 10.1 Å². The smallest absolute Gasteiger partial charge is 0.240 e. The highest BCUT2D eigenvalue weighted by molar-refractivity contribution is 7.16. The van der Waals surface area contributed by atoms with Crippen molar-refractivity contribution in [3.05, 3.63) is 21.3 Å². The van der Waals surface area contributed by atoms with Crippen molar-refractivity contribution < 1.29 is 4.79 Å². The van der Waals surface area contributed by atoms with E-state index >= 15 is 0 Å². The lowest BCUT2D eigenvalue weighted by atomic mass is 9.87. The molecule has 1 aliphatic rings. The van der Waals surface area contributed by atoms with Crippen LogP contribution in [0.5, 0.6) is 0 Å². The summed E-state index contributed by atoms with van der Waals surface area (Å²) in [6, 6.07) is 5.84. The molecule has 3 nitrogen and oxygen atoms in total. The third-order valence-corrected chi connectivity index (χ3v) is 4.89. The first-order valence-electron chi connectivity index (χ1n) is 6.05. The molecule has 1 atom stereocenters. The van der Waals surface area contributed by atoms with E-state index in [1.165, 1.54) is 11.3 Å². The maximum Gasteiger partial charge on any atom is 0.240 e. The van der Waals surface area contributed by atoms with Gasteiger partial charge >= 0.3 is 0 Å². The number of thiophene rings is 1. The molecule has 0 saturated heterocycles. The molecule has 0 aromatic carbocycles. The topological polar surface area (TPSA) is 52.9 Å². The number of amides is 1. The molecule has 1 N–H and O–H groups in total. The van der Waals surface area contributed by atoms with Gasteiger partial charge in [0.1, 0.15) is 5.41 Å². The fraction of sp³-hybridized carbons (Fsp3) is 0.538. The lowest BCUT2D eigenvalue weighted by Gasteiger charge is -2.22. The summed E-state index contributed by atoms with van der Waals surface area (Å²) < 4.78 is 0.710. The number of nitrogens with one attached hydrogen (secondary N) is 1. The SMILES string of the molecule is CC(NC(=O)C1(C#N)CCCC1)c1ccc(Cl)s1. The zero-order chi connectivity index (χ0) is 13.2. The fourth-order valence-corrected chi connectivity index (χ4v) is 3.40. The minimum Gasteiger partial charge on any atom is -0.347 e. The first-order chi connectivity index (χ1) is 8.57. The first-order valence-corrected chi connectivity index (χ1v) is 7.24. The minimum atomic E-state index is -0.810. The molecule has 5 heteroatoms. The van der Waals surface area contributed by atoms with Crippen LogP contribution >= 0.6 is 22.9 Å². The Labute approximate surface area is 116 Å². The molecule has 1 aliphatic carbocycles. The van der Waals surface area contributed by atoms with E-state index in [-0.39, 0.29) is 11.9 Å². The fourth-order valence-electron chi connectivity index (χ4n) is 2.34. The van der Waals surface area contributed by atoms with Crippen molar-refractivity contribution in [2.45, 2.75) is 38.6 Å². The van der Waals surface area contributed by atoms with Crippen LogP contribution < -0.4 is 5.32 Å². The van der Waals surface area contributed by atoms with Crippen LogP contribution in [0.4, 0.5) is 0 Å². The van der Waals surface area contributed by atoms with Gasteiger partial charge in [-0.05, 0) is 31.9 Å². The van der Waals surface area contributed by atoms with E-state index in [2.05, 4.69) is 11.4 Å². The second-order valence-electron chi connectivity index (χ2n) is 4.74. The summed E-state index contributed by atoms with van der Waals surface area (Å²) in [6.07, 6.45) is 3.26. The molecule has 1 unspecified atom stereocenters. The Balaban J connectivity index is 2.05. The van der Waals surface area contributed by atoms with Crippen molar-refractivity contribution in [3.63, 3.8) is 0 Å². The van der Waals surface area contributed by atoms with Gasteiger partial charge in [-0.1, -0.05) is 24.4 Å². The van der Waals surface area contributed by atoms with Crippen molar-refractivity contribution in [1.82, 2.24) is 5.32 Å². The predicted octanol–water partition coefficient (Wildman–Crippen LogP) is 3.66. The van der Waals surface area contributed by atoms with Crippen molar-refractivity contribution in [2.75, 3.05) is 0 Å². The number of nitrogens with zero attached hydrogens (tertiary/aromatic N) is 1. The van der Waals surface area contributed by atoms with Gasteiger partial charge in [-0.25, -0.2) is 0 Å². The number of hydrogen-bond acceptors (Lipinski definition) is 3. The van der Waals surface area contributed by atoms with Gasteiger partial charge in [0.25, 0.3) is 0 Å². The van der Waals surface area contributed by atoms with Crippen LogP contribution in [0.1, 0.15) is 43.5 Å². The molecule has 0 aliphatic heterocycles. The van der Waals surface area contributed by atoms with Gasteiger partial charge in [0, 0.05) is 4.88 Å². The zero-order valence-electron chi connectivity index (χ0n) is 10.2. The van der Waals surface area contributed by atoms with E-state index < -0.39 is 5.41 Å². The third kappa shape index (κ3) is 2.52. The van der Waals surface area contributed by atoms with E-state index in [4.69, 9.17) is 11.6 Å². The summed E-state index contributed by atoms with van der Waals surface area (Å²) in [7, 11) is 0. The second kappa shape index (κ2) is 5.29. The van der Waals surface area contributed by atoms with Gasteiger partial charge < -0.3 is 5.32 Å². The summed E-state index contributed by atoms with van der Waals surface area (Å²) >= 11 is 7.33. The summed E-state index contributed by atoms with van der Waals surface area (Å²) in [5.74, 6) is -0.139. The molecule has 0 spiro atoms. The Hall–Kier alpha value is -1.05. The lowest BCUT2D eigenvalue weighted by Crippen LogP contribution is -2.39. The number of carbonyl (C=O) groups is 1. The highest BCUT2D eigenvalue weighted by Gasteiger charge is 2.41. The average Bonchev–Trinajstić information content (AvgIpc) is 2.97. The summed E-state index contributed by atoms with van der Waals surface area (Å²) in [4.78, 5) is 13.2. The third-order valence-electron chi connectivity index (χ3n) is 3.47.